The van der Waals surface area contributed by atoms with Gasteiger partial charge in [-0.1, -0.05) is 6.07 Å². The van der Waals surface area contributed by atoms with Crippen LogP contribution in [0.2, 0.25) is 0 Å². The molecule has 210 valence electrons. The molecule has 0 bridgehead atoms. The Hall–Kier alpha value is -4.39. The van der Waals surface area contributed by atoms with Gasteiger partial charge in [0, 0.05) is 56.4 Å². The summed E-state index contributed by atoms with van der Waals surface area (Å²) in [7, 11) is 1.61. The molecule has 0 unspecified atom stereocenters. The fourth-order valence-corrected chi connectivity index (χ4v) is 5.03. The number of rotatable bonds is 7. The van der Waals surface area contributed by atoms with Crippen LogP contribution in [-0.4, -0.2) is 79.1 Å². The van der Waals surface area contributed by atoms with Crippen molar-refractivity contribution in [1.29, 1.82) is 0 Å². The zero-order chi connectivity index (χ0) is 28.6. The summed E-state index contributed by atoms with van der Waals surface area (Å²) < 4.78 is 33.8. The van der Waals surface area contributed by atoms with Crippen LogP contribution in [0.5, 0.6) is 5.75 Å². The number of hydrogen-bond donors (Lipinski definition) is 1. The molecule has 3 aromatic heterocycles. The number of aromatic nitrogens is 5. The highest BCUT2D eigenvalue weighted by atomic mass is 19.3. The molecule has 1 aliphatic heterocycles. The number of halogens is 2. The average Bonchev–Trinajstić information content (AvgIpc) is 3.18. The van der Waals surface area contributed by atoms with Gasteiger partial charge in [-0.3, -0.25) is 23.9 Å². The average molecular weight is 554 g/mol. The van der Waals surface area contributed by atoms with Gasteiger partial charge in [0.05, 0.1) is 17.4 Å². The van der Waals surface area contributed by atoms with Crippen LogP contribution < -0.4 is 15.2 Å². The van der Waals surface area contributed by atoms with E-state index in [1.54, 1.807) is 48.1 Å². The van der Waals surface area contributed by atoms with Gasteiger partial charge in [-0.05, 0) is 43.7 Å². The number of anilines is 1. The van der Waals surface area contributed by atoms with Gasteiger partial charge >= 0.3 is 6.61 Å². The van der Waals surface area contributed by atoms with E-state index in [9.17, 15) is 18.4 Å². The fraction of sp³-hybridized carbons (Fsp3) is 0.370. The van der Waals surface area contributed by atoms with E-state index < -0.39 is 13.2 Å². The molecule has 1 amide bonds. The molecule has 4 heterocycles. The molecule has 13 heteroatoms. The second-order valence-corrected chi connectivity index (χ2v) is 9.71. The summed E-state index contributed by atoms with van der Waals surface area (Å²) in [5.41, 5.74) is 2.77. The lowest BCUT2D eigenvalue weighted by atomic mass is 10.1. The number of ether oxygens (including phenoxy) is 1. The van der Waals surface area contributed by atoms with Gasteiger partial charge in [-0.2, -0.15) is 8.78 Å². The first-order valence-electron chi connectivity index (χ1n) is 12.7. The quantitative estimate of drug-likeness (QED) is 0.370. The largest absolute Gasteiger partial charge is 0.433 e. The normalized spacial score (nSPS) is 15.7. The molecule has 0 aliphatic carbocycles. The molecule has 0 radical (unpaired) electrons. The first-order chi connectivity index (χ1) is 19.2. The van der Waals surface area contributed by atoms with Gasteiger partial charge < -0.3 is 19.6 Å². The monoisotopic (exact) mass is 553 g/mol. The van der Waals surface area contributed by atoms with E-state index in [1.165, 1.54) is 10.7 Å². The number of aryl methyl sites for hydroxylation is 1. The van der Waals surface area contributed by atoms with Crippen LogP contribution in [-0.2, 0) is 18.4 Å². The van der Waals surface area contributed by atoms with E-state index >= 15 is 0 Å². The number of pyridine rings is 1. The van der Waals surface area contributed by atoms with Crippen LogP contribution in [0.1, 0.15) is 18.3 Å². The Balaban J connectivity index is 1.43. The van der Waals surface area contributed by atoms with Crippen LogP contribution in [0.3, 0.4) is 0 Å². The van der Waals surface area contributed by atoms with Crippen molar-refractivity contribution in [2.45, 2.75) is 33.0 Å². The van der Waals surface area contributed by atoms with Crippen molar-refractivity contribution in [3.05, 3.63) is 64.5 Å². The second kappa shape index (κ2) is 11.0. The molecule has 1 N–H and O–H groups in total. The number of piperazine rings is 1. The summed E-state index contributed by atoms with van der Waals surface area (Å²) >= 11 is 0. The van der Waals surface area contributed by atoms with Crippen molar-refractivity contribution in [2.75, 3.05) is 31.1 Å². The van der Waals surface area contributed by atoms with E-state index in [0.29, 0.717) is 42.2 Å². The first kappa shape index (κ1) is 27.2. The molecule has 0 spiro atoms. The maximum atomic E-state index is 13.0. The summed E-state index contributed by atoms with van der Waals surface area (Å²) in [4.78, 5) is 41.9. The molecule has 1 saturated heterocycles. The number of fused-ring (bicyclic) bond motifs is 1. The van der Waals surface area contributed by atoms with Crippen molar-refractivity contribution in [3.8, 4) is 16.9 Å². The van der Waals surface area contributed by atoms with E-state index in [-0.39, 0.29) is 35.5 Å². The van der Waals surface area contributed by atoms with E-state index in [1.807, 2.05) is 24.0 Å². The minimum absolute atomic E-state index is 0.0425. The molecule has 1 aliphatic rings. The summed E-state index contributed by atoms with van der Waals surface area (Å²) in [6.45, 7) is 1.74. The van der Waals surface area contributed by atoms with Crippen molar-refractivity contribution < 1.29 is 23.4 Å². The van der Waals surface area contributed by atoms with Crippen LogP contribution >= 0.6 is 0 Å². The summed E-state index contributed by atoms with van der Waals surface area (Å²) in [5, 5.41) is 9.64. The standard InChI is InChI=1S/C27H29F2N7O4/c1-16-4-7-23(40-26(28)29)21(32-16)14-36-22-10-18(5-6-20(22)25(39)33(36)3)19-11-30-27(31-12-19)34-8-9-35(17(2)13-34)24(38)15-37/h4-7,10-12,17,26,37H,8-9,13-15H2,1-3H3/t17-/m1/s1. The van der Waals surface area contributed by atoms with Gasteiger partial charge in [-0.15, -0.1) is 0 Å². The van der Waals surface area contributed by atoms with E-state index in [2.05, 4.69) is 19.7 Å². The van der Waals surface area contributed by atoms with Crippen LogP contribution in [0, 0.1) is 6.92 Å². The van der Waals surface area contributed by atoms with Crippen LogP contribution in [0.25, 0.3) is 22.0 Å². The molecule has 1 atom stereocenters. The third-order valence-electron chi connectivity index (χ3n) is 7.09. The van der Waals surface area contributed by atoms with E-state index in [4.69, 9.17) is 5.11 Å². The highest BCUT2D eigenvalue weighted by Gasteiger charge is 2.28. The van der Waals surface area contributed by atoms with Crippen molar-refractivity contribution >= 4 is 22.8 Å². The number of carbonyl (C=O) groups is 1. The topological polar surface area (TPSA) is 119 Å². The predicted molar refractivity (Wildman–Crippen MR) is 143 cm³/mol. The Morgan fingerprint density at radius 1 is 1.15 bits per heavy atom. The van der Waals surface area contributed by atoms with Crippen molar-refractivity contribution in [2.24, 2.45) is 7.05 Å². The number of aliphatic hydroxyl groups is 1. The first-order valence-corrected chi connectivity index (χ1v) is 12.7. The highest BCUT2D eigenvalue weighted by molar-refractivity contribution is 5.84. The zero-order valence-corrected chi connectivity index (χ0v) is 22.3. The van der Waals surface area contributed by atoms with Gasteiger partial charge in [0.25, 0.3) is 5.56 Å². The molecule has 1 aromatic carbocycles. The Bertz CT molecular complexity index is 1600. The lowest BCUT2D eigenvalue weighted by Crippen LogP contribution is -2.55. The van der Waals surface area contributed by atoms with Gasteiger partial charge in [0.2, 0.25) is 11.9 Å². The Morgan fingerprint density at radius 2 is 1.90 bits per heavy atom. The zero-order valence-electron chi connectivity index (χ0n) is 22.3. The molecular formula is C27H29F2N7O4. The third-order valence-corrected chi connectivity index (χ3v) is 7.09. The number of nitrogens with zero attached hydrogens (tertiary/aromatic N) is 7. The minimum atomic E-state index is -3.00. The van der Waals surface area contributed by atoms with Crippen LogP contribution in [0.4, 0.5) is 14.7 Å². The molecular weight excluding hydrogens is 524 g/mol. The van der Waals surface area contributed by atoms with Crippen molar-refractivity contribution in [3.63, 3.8) is 0 Å². The highest BCUT2D eigenvalue weighted by Crippen LogP contribution is 2.26. The molecule has 5 rings (SSSR count). The summed E-state index contributed by atoms with van der Waals surface area (Å²) in [6, 6.07) is 8.30. The number of carbonyl (C=O) groups excluding carboxylic acids is 1. The molecule has 0 saturated carbocycles. The summed E-state index contributed by atoms with van der Waals surface area (Å²) in [5.74, 6) is 0.182. The van der Waals surface area contributed by atoms with Gasteiger partial charge in [-0.25, -0.2) is 9.97 Å². The summed E-state index contributed by atoms with van der Waals surface area (Å²) in [6.07, 6.45) is 3.39. The second-order valence-electron chi connectivity index (χ2n) is 9.71. The SMILES string of the molecule is Cc1ccc(OC(F)F)c(Cn2c3cc(-c4cnc(N5CCN(C(=O)CO)[C@H](C)C5)nc4)ccc3c(=O)n2C)n1. The van der Waals surface area contributed by atoms with E-state index in [0.717, 1.165) is 11.1 Å². The number of hydrogen-bond acceptors (Lipinski definition) is 8. The maximum absolute atomic E-state index is 13.0. The maximum Gasteiger partial charge on any atom is 0.387 e. The van der Waals surface area contributed by atoms with Gasteiger partial charge in [0.1, 0.15) is 18.1 Å². The fourth-order valence-electron chi connectivity index (χ4n) is 5.03. The minimum Gasteiger partial charge on any atom is -0.433 e. The molecule has 4 aromatic rings. The predicted octanol–water partition coefficient (Wildman–Crippen LogP) is 2.18. The lowest BCUT2D eigenvalue weighted by molar-refractivity contribution is -0.136. The lowest BCUT2D eigenvalue weighted by Gasteiger charge is -2.39. The molecule has 11 nitrogen and oxygen atoms in total. The number of amides is 1. The number of alkyl halides is 2. The smallest absolute Gasteiger partial charge is 0.387 e. The van der Waals surface area contributed by atoms with Gasteiger partial charge in [0.15, 0.2) is 0 Å². The van der Waals surface area contributed by atoms with Crippen LogP contribution in [0.15, 0.2) is 47.5 Å². The number of benzene rings is 1. The van der Waals surface area contributed by atoms with Crippen molar-refractivity contribution in [1.82, 2.24) is 29.2 Å². The Labute approximate surface area is 228 Å². The number of aliphatic hydroxyl groups excluding tert-OH is 1. The molecule has 40 heavy (non-hydrogen) atoms. The molecule has 1 fully saturated rings. The Morgan fingerprint density at radius 3 is 2.58 bits per heavy atom. The third kappa shape index (κ3) is 5.24. The Kier molecular flexibility index (Phi) is 7.48.